The second-order valence-corrected chi connectivity index (χ2v) is 6.50. The van der Waals surface area contributed by atoms with Crippen molar-refractivity contribution in [1.82, 2.24) is 4.90 Å². The first kappa shape index (κ1) is 15.7. The molecule has 0 atom stereocenters. The zero-order chi connectivity index (χ0) is 17.4. The smallest absolute Gasteiger partial charge is 0.265 e. The average molecular weight is 340 g/mol. The number of para-hydroxylation sites is 2. The third kappa shape index (κ3) is 3.24. The summed E-state index contributed by atoms with van der Waals surface area (Å²) in [4.78, 5) is 28.5. The number of hydrogen-bond donors (Lipinski definition) is 0. The molecule has 1 fully saturated rings. The Hall–Kier alpha value is -2.76. The second kappa shape index (κ2) is 6.27. The quantitative estimate of drug-likeness (QED) is 0.839. The molecule has 1 aromatic heterocycles. The molecular formula is C19H20N2O4. The molecule has 4 rings (SSSR count). The van der Waals surface area contributed by atoms with Crippen LogP contribution in [0.15, 0.2) is 40.8 Å². The van der Waals surface area contributed by atoms with Crippen LogP contribution in [0.3, 0.4) is 0 Å². The minimum atomic E-state index is -0.198. The molecule has 2 heterocycles. The van der Waals surface area contributed by atoms with Gasteiger partial charge in [0.2, 0.25) is 5.91 Å². The van der Waals surface area contributed by atoms with Crippen molar-refractivity contribution in [2.45, 2.75) is 32.4 Å². The maximum absolute atomic E-state index is 12.9. The van der Waals surface area contributed by atoms with Crippen molar-refractivity contribution in [1.29, 1.82) is 0 Å². The number of fused-ring (bicyclic) bond motifs is 1. The first-order valence-corrected chi connectivity index (χ1v) is 8.49. The lowest BCUT2D eigenvalue weighted by Gasteiger charge is -2.31. The number of carbonyl (C=O) groups excluding carboxylic acids is 2. The Morgan fingerprint density at radius 1 is 1.24 bits per heavy atom. The van der Waals surface area contributed by atoms with E-state index in [1.165, 1.54) is 4.90 Å². The lowest BCUT2D eigenvalue weighted by molar-refractivity contribution is -0.133. The molecule has 130 valence electrons. The fraction of sp³-hybridized carbons (Fsp3) is 0.368. The summed E-state index contributed by atoms with van der Waals surface area (Å²) < 4.78 is 11.1. The zero-order valence-electron chi connectivity index (χ0n) is 14.1. The van der Waals surface area contributed by atoms with Crippen LogP contribution in [0, 0.1) is 6.92 Å². The molecule has 1 saturated carbocycles. The Balaban J connectivity index is 1.52. The molecule has 6 heteroatoms. The van der Waals surface area contributed by atoms with Crippen LogP contribution in [-0.4, -0.2) is 35.9 Å². The highest BCUT2D eigenvalue weighted by molar-refractivity contribution is 6.02. The number of hydrogen-bond acceptors (Lipinski definition) is 4. The van der Waals surface area contributed by atoms with Gasteiger partial charge in [-0.3, -0.25) is 14.5 Å². The number of ether oxygens (including phenoxy) is 1. The monoisotopic (exact) mass is 340 g/mol. The summed E-state index contributed by atoms with van der Waals surface area (Å²) in [6, 6.07) is 11.3. The second-order valence-electron chi connectivity index (χ2n) is 6.50. The Bertz CT molecular complexity index is 809. The van der Waals surface area contributed by atoms with Gasteiger partial charge < -0.3 is 14.1 Å². The molecular weight excluding hydrogens is 320 g/mol. The molecule has 1 aliphatic carbocycles. The van der Waals surface area contributed by atoms with E-state index in [-0.39, 0.29) is 31.0 Å². The van der Waals surface area contributed by atoms with Crippen LogP contribution in [0.4, 0.5) is 5.69 Å². The minimum Gasteiger partial charge on any atom is -0.482 e. The van der Waals surface area contributed by atoms with Crippen molar-refractivity contribution < 1.29 is 18.7 Å². The van der Waals surface area contributed by atoms with Crippen molar-refractivity contribution in [3.8, 4) is 5.75 Å². The molecule has 2 aromatic rings. The third-order valence-corrected chi connectivity index (χ3v) is 4.53. The van der Waals surface area contributed by atoms with Crippen LogP contribution in [0.2, 0.25) is 0 Å². The summed E-state index contributed by atoms with van der Waals surface area (Å²) in [6.07, 6.45) is 2.00. The molecule has 1 aromatic carbocycles. The van der Waals surface area contributed by atoms with Crippen LogP contribution < -0.4 is 9.64 Å². The van der Waals surface area contributed by atoms with E-state index in [9.17, 15) is 9.59 Å². The van der Waals surface area contributed by atoms with Crippen LogP contribution in [0.25, 0.3) is 0 Å². The summed E-state index contributed by atoms with van der Waals surface area (Å²) in [5, 5.41) is 0. The van der Waals surface area contributed by atoms with Gasteiger partial charge in [-0.15, -0.1) is 0 Å². The largest absolute Gasteiger partial charge is 0.482 e. The molecule has 0 N–H and O–H groups in total. The number of carbonyl (C=O) groups is 2. The first-order chi connectivity index (χ1) is 12.1. The fourth-order valence-corrected chi connectivity index (χ4v) is 3.10. The molecule has 0 unspecified atom stereocenters. The van der Waals surface area contributed by atoms with E-state index in [1.54, 1.807) is 6.07 Å². The van der Waals surface area contributed by atoms with Gasteiger partial charge in [-0.05, 0) is 44.0 Å². The van der Waals surface area contributed by atoms with Gasteiger partial charge in [0.1, 0.15) is 23.8 Å². The molecule has 2 amide bonds. The Morgan fingerprint density at radius 3 is 2.76 bits per heavy atom. The van der Waals surface area contributed by atoms with Crippen molar-refractivity contribution in [3.63, 3.8) is 0 Å². The molecule has 1 aliphatic heterocycles. The SMILES string of the molecule is Cc1ccc(CN(C(=O)CN2C(=O)COc3ccccc32)C2CC2)o1. The average Bonchev–Trinajstić information content (AvgIpc) is 3.37. The Kier molecular flexibility index (Phi) is 3.95. The third-order valence-electron chi connectivity index (χ3n) is 4.53. The number of furan rings is 1. The van der Waals surface area contributed by atoms with E-state index in [1.807, 2.05) is 42.2 Å². The topological polar surface area (TPSA) is 63.0 Å². The summed E-state index contributed by atoms with van der Waals surface area (Å²) in [5.41, 5.74) is 0.650. The van der Waals surface area contributed by atoms with Crippen molar-refractivity contribution in [3.05, 3.63) is 47.9 Å². The molecule has 0 saturated heterocycles. The number of rotatable bonds is 5. The number of aryl methyl sites for hydroxylation is 1. The normalized spacial score (nSPS) is 16.4. The Morgan fingerprint density at radius 2 is 2.04 bits per heavy atom. The van der Waals surface area contributed by atoms with E-state index in [2.05, 4.69) is 0 Å². The van der Waals surface area contributed by atoms with Crippen LogP contribution >= 0.6 is 0 Å². The van der Waals surface area contributed by atoms with Crippen molar-refractivity contribution in [2.75, 3.05) is 18.1 Å². The molecule has 6 nitrogen and oxygen atoms in total. The van der Waals surface area contributed by atoms with Gasteiger partial charge >= 0.3 is 0 Å². The highest BCUT2D eigenvalue weighted by Gasteiger charge is 2.35. The van der Waals surface area contributed by atoms with E-state index in [4.69, 9.17) is 9.15 Å². The van der Waals surface area contributed by atoms with Gasteiger partial charge in [-0.1, -0.05) is 12.1 Å². The van der Waals surface area contributed by atoms with Crippen molar-refractivity contribution >= 4 is 17.5 Å². The lowest BCUT2D eigenvalue weighted by atomic mass is 10.2. The summed E-state index contributed by atoms with van der Waals surface area (Å²) in [7, 11) is 0. The number of amides is 2. The van der Waals surface area contributed by atoms with Gasteiger partial charge in [-0.2, -0.15) is 0 Å². The van der Waals surface area contributed by atoms with Crippen LogP contribution in [0.5, 0.6) is 5.75 Å². The molecule has 0 spiro atoms. The summed E-state index contributed by atoms with van der Waals surface area (Å²) >= 11 is 0. The van der Waals surface area contributed by atoms with Crippen LogP contribution in [0.1, 0.15) is 24.4 Å². The van der Waals surface area contributed by atoms with Gasteiger partial charge in [0.25, 0.3) is 5.91 Å². The minimum absolute atomic E-state index is 0.0232. The van der Waals surface area contributed by atoms with Gasteiger partial charge in [0, 0.05) is 6.04 Å². The number of anilines is 1. The highest BCUT2D eigenvalue weighted by Crippen LogP contribution is 2.33. The zero-order valence-corrected chi connectivity index (χ0v) is 14.1. The summed E-state index contributed by atoms with van der Waals surface area (Å²) in [6.45, 7) is 2.31. The lowest BCUT2D eigenvalue weighted by Crippen LogP contribution is -2.46. The highest BCUT2D eigenvalue weighted by atomic mass is 16.5. The predicted molar refractivity (Wildman–Crippen MR) is 91.3 cm³/mol. The Labute approximate surface area is 146 Å². The fourth-order valence-electron chi connectivity index (χ4n) is 3.10. The van der Waals surface area contributed by atoms with E-state index < -0.39 is 0 Å². The number of benzene rings is 1. The summed E-state index contributed by atoms with van der Waals surface area (Å²) in [5.74, 6) is 1.97. The molecule has 0 radical (unpaired) electrons. The van der Waals surface area contributed by atoms with Gasteiger partial charge in [0.05, 0.1) is 12.2 Å². The maximum Gasteiger partial charge on any atom is 0.265 e. The van der Waals surface area contributed by atoms with Crippen molar-refractivity contribution in [2.24, 2.45) is 0 Å². The molecule has 2 aliphatic rings. The molecule has 0 bridgehead atoms. The first-order valence-electron chi connectivity index (χ1n) is 8.49. The van der Waals surface area contributed by atoms with E-state index in [0.29, 0.717) is 18.0 Å². The maximum atomic E-state index is 12.9. The van der Waals surface area contributed by atoms with E-state index in [0.717, 1.165) is 24.4 Å². The number of nitrogens with zero attached hydrogens (tertiary/aromatic N) is 2. The predicted octanol–water partition coefficient (Wildman–Crippen LogP) is 2.50. The van der Waals surface area contributed by atoms with E-state index >= 15 is 0 Å². The van der Waals surface area contributed by atoms with Gasteiger partial charge in [-0.25, -0.2) is 0 Å². The van der Waals surface area contributed by atoms with Gasteiger partial charge in [0.15, 0.2) is 6.61 Å². The van der Waals surface area contributed by atoms with Crippen LogP contribution in [-0.2, 0) is 16.1 Å². The molecule has 25 heavy (non-hydrogen) atoms. The standard InChI is InChI=1S/C19H20N2O4/c1-13-6-9-15(25-13)10-20(14-7-8-14)18(22)11-21-16-4-2-3-5-17(16)24-12-19(21)23/h2-6,9,14H,7-8,10-12H2,1H3.